The molecule has 3 aliphatic rings. The topological polar surface area (TPSA) is 84.1 Å². The van der Waals surface area contributed by atoms with Crippen LogP contribution in [-0.4, -0.2) is 47.0 Å². The van der Waals surface area contributed by atoms with Crippen molar-refractivity contribution in [3.63, 3.8) is 0 Å². The van der Waals surface area contributed by atoms with E-state index in [1.807, 2.05) is 0 Å². The molecule has 6 nitrogen and oxygen atoms in total. The Kier molecular flexibility index (Phi) is 3.98. The zero-order chi connectivity index (χ0) is 18.4. The fourth-order valence-electron chi connectivity index (χ4n) is 5.05. The number of amides is 1. The van der Waals surface area contributed by atoms with E-state index < -0.39 is 5.91 Å². The van der Waals surface area contributed by atoms with Crippen molar-refractivity contribution in [3.8, 4) is 11.3 Å². The molecule has 1 atom stereocenters. The molecule has 1 aromatic carbocycles. The molecule has 0 bridgehead atoms. The van der Waals surface area contributed by atoms with Crippen LogP contribution in [0.4, 0.5) is 0 Å². The molecule has 2 aromatic rings. The molecule has 5 rings (SSSR count). The number of hydrogen-bond donors (Lipinski definition) is 2. The summed E-state index contributed by atoms with van der Waals surface area (Å²) in [5.74, 6) is -0.549. The van der Waals surface area contributed by atoms with Gasteiger partial charge in [0.2, 0.25) is 0 Å². The summed E-state index contributed by atoms with van der Waals surface area (Å²) in [4.78, 5) is 22.3. The van der Waals surface area contributed by atoms with Crippen LogP contribution in [0.3, 0.4) is 0 Å². The molecule has 1 aliphatic carbocycles. The van der Waals surface area contributed by atoms with Crippen LogP contribution in [-0.2, 0) is 6.42 Å². The molecule has 1 aromatic heterocycles. The van der Waals surface area contributed by atoms with Gasteiger partial charge in [-0.15, -0.1) is 0 Å². The molecule has 2 saturated heterocycles. The number of likely N-dealkylation sites (tertiary alicyclic amines) is 1. The van der Waals surface area contributed by atoms with Gasteiger partial charge < -0.3 is 11.1 Å². The molecule has 27 heavy (non-hydrogen) atoms. The van der Waals surface area contributed by atoms with Crippen molar-refractivity contribution in [3.05, 3.63) is 47.4 Å². The van der Waals surface area contributed by atoms with Gasteiger partial charge in [-0.05, 0) is 61.4 Å². The lowest BCUT2D eigenvalue weighted by atomic mass is 9.71. The predicted molar refractivity (Wildman–Crippen MR) is 103 cm³/mol. The van der Waals surface area contributed by atoms with Crippen molar-refractivity contribution in [1.82, 2.24) is 20.2 Å². The molecule has 2 aliphatic heterocycles. The van der Waals surface area contributed by atoms with Crippen LogP contribution in [0, 0.1) is 5.41 Å². The Morgan fingerprint density at radius 1 is 1.19 bits per heavy atom. The summed E-state index contributed by atoms with van der Waals surface area (Å²) >= 11 is 0. The number of hydrogen-bond acceptors (Lipinski definition) is 5. The first-order valence-corrected chi connectivity index (χ1v) is 9.83. The Morgan fingerprint density at radius 2 is 2.00 bits per heavy atom. The van der Waals surface area contributed by atoms with Crippen LogP contribution in [0.15, 0.2) is 30.6 Å². The van der Waals surface area contributed by atoms with Crippen molar-refractivity contribution < 1.29 is 4.79 Å². The van der Waals surface area contributed by atoms with E-state index in [9.17, 15) is 4.79 Å². The molecular weight excluding hydrogens is 338 g/mol. The van der Waals surface area contributed by atoms with Gasteiger partial charge in [0.1, 0.15) is 5.69 Å². The normalized spacial score (nSPS) is 23.8. The lowest BCUT2D eigenvalue weighted by molar-refractivity contribution is -0.0512. The Labute approximate surface area is 159 Å². The monoisotopic (exact) mass is 363 g/mol. The highest BCUT2D eigenvalue weighted by molar-refractivity contribution is 5.90. The van der Waals surface area contributed by atoms with Gasteiger partial charge in [-0.3, -0.25) is 14.7 Å². The zero-order valence-electron chi connectivity index (χ0n) is 15.4. The van der Waals surface area contributed by atoms with Crippen molar-refractivity contribution in [2.45, 2.75) is 31.7 Å². The molecule has 3 N–H and O–H groups in total. The fraction of sp³-hybridized carbons (Fsp3) is 0.476. The highest BCUT2D eigenvalue weighted by atomic mass is 16.1. The molecule has 140 valence electrons. The van der Waals surface area contributed by atoms with Gasteiger partial charge in [-0.2, -0.15) is 0 Å². The second-order valence-electron chi connectivity index (χ2n) is 8.27. The minimum absolute atomic E-state index is 0.199. The number of carbonyl (C=O) groups excluding carboxylic acids is 1. The third kappa shape index (κ3) is 2.93. The van der Waals surface area contributed by atoms with Gasteiger partial charge in [0.05, 0.1) is 18.1 Å². The van der Waals surface area contributed by atoms with Crippen molar-refractivity contribution in [2.24, 2.45) is 11.1 Å². The number of nitrogens with zero attached hydrogens (tertiary/aromatic N) is 3. The Hall–Kier alpha value is -2.31. The Bertz CT molecular complexity index is 865. The number of piperidine rings is 1. The van der Waals surface area contributed by atoms with Gasteiger partial charge in [0.25, 0.3) is 5.91 Å². The van der Waals surface area contributed by atoms with Gasteiger partial charge in [-0.1, -0.05) is 12.1 Å². The van der Waals surface area contributed by atoms with Crippen LogP contribution in [0.25, 0.3) is 11.3 Å². The summed E-state index contributed by atoms with van der Waals surface area (Å²) in [6, 6.07) is 7.20. The van der Waals surface area contributed by atoms with Crippen LogP contribution in [0.5, 0.6) is 0 Å². The maximum atomic E-state index is 11.2. The summed E-state index contributed by atoms with van der Waals surface area (Å²) in [5.41, 5.74) is 10.7. The smallest absolute Gasteiger partial charge is 0.268 e. The van der Waals surface area contributed by atoms with Crippen LogP contribution < -0.4 is 11.1 Å². The first kappa shape index (κ1) is 16.8. The van der Waals surface area contributed by atoms with E-state index in [1.165, 1.54) is 62.8 Å². The van der Waals surface area contributed by atoms with E-state index in [2.05, 4.69) is 38.4 Å². The number of primary amides is 1. The van der Waals surface area contributed by atoms with Gasteiger partial charge in [0, 0.05) is 24.7 Å². The molecule has 3 heterocycles. The summed E-state index contributed by atoms with van der Waals surface area (Å²) in [6.07, 6.45) is 8.05. The number of fused-ring (bicyclic) bond motifs is 1. The van der Waals surface area contributed by atoms with Gasteiger partial charge >= 0.3 is 0 Å². The first-order chi connectivity index (χ1) is 13.1. The third-order valence-corrected chi connectivity index (χ3v) is 6.57. The number of carbonyl (C=O) groups is 1. The molecule has 1 amide bonds. The van der Waals surface area contributed by atoms with E-state index in [0.717, 1.165) is 17.7 Å². The van der Waals surface area contributed by atoms with Crippen LogP contribution in [0.2, 0.25) is 0 Å². The second-order valence-corrected chi connectivity index (χ2v) is 8.27. The summed E-state index contributed by atoms with van der Waals surface area (Å²) < 4.78 is 0. The fourth-order valence-corrected chi connectivity index (χ4v) is 5.05. The highest BCUT2D eigenvalue weighted by Gasteiger charge is 2.46. The zero-order valence-corrected chi connectivity index (χ0v) is 15.4. The number of benzene rings is 1. The average molecular weight is 363 g/mol. The molecule has 0 saturated carbocycles. The highest BCUT2D eigenvalue weighted by Crippen LogP contribution is 2.47. The number of aryl methyl sites for hydroxylation is 1. The first-order valence-electron chi connectivity index (χ1n) is 9.83. The Balaban J connectivity index is 1.33. The van der Waals surface area contributed by atoms with E-state index in [-0.39, 0.29) is 5.69 Å². The summed E-state index contributed by atoms with van der Waals surface area (Å²) in [6.45, 7) is 4.85. The van der Waals surface area contributed by atoms with E-state index in [1.54, 1.807) is 6.20 Å². The summed E-state index contributed by atoms with van der Waals surface area (Å²) in [7, 11) is 0. The molecular formula is C21H25N5O. The molecule has 1 spiro atoms. The summed E-state index contributed by atoms with van der Waals surface area (Å²) in [5, 5.41) is 3.48. The SMILES string of the molecule is NC(=O)c1cnc(-c2ccc3c(c2)CCC3N2CC3(CCNCC3)C2)cn1. The second kappa shape index (κ2) is 6.39. The Morgan fingerprint density at radius 3 is 2.70 bits per heavy atom. The lowest BCUT2D eigenvalue weighted by Gasteiger charge is -2.55. The molecule has 0 radical (unpaired) electrons. The lowest BCUT2D eigenvalue weighted by Crippen LogP contribution is -2.60. The number of aromatic nitrogens is 2. The number of rotatable bonds is 3. The van der Waals surface area contributed by atoms with Crippen molar-refractivity contribution in [2.75, 3.05) is 26.2 Å². The van der Waals surface area contributed by atoms with Crippen molar-refractivity contribution in [1.29, 1.82) is 0 Å². The quantitative estimate of drug-likeness (QED) is 0.870. The van der Waals surface area contributed by atoms with Crippen LogP contribution >= 0.6 is 0 Å². The van der Waals surface area contributed by atoms with E-state index in [4.69, 9.17) is 5.73 Å². The van der Waals surface area contributed by atoms with E-state index >= 15 is 0 Å². The predicted octanol–water partition coefficient (Wildman–Crippen LogP) is 1.92. The molecule has 6 heteroatoms. The molecule has 1 unspecified atom stereocenters. The maximum absolute atomic E-state index is 11.2. The number of nitrogens with one attached hydrogen (secondary N) is 1. The maximum Gasteiger partial charge on any atom is 0.268 e. The largest absolute Gasteiger partial charge is 0.364 e. The third-order valence-electron chi connectivity index (χ3n) is 6.57. The van der Waals surface area contributed by atoms with Crippen LogP contribution in [0.1, 0.15) is 46.9 Å². The number of nitrogens with two attached hydrogens (primary N) is 1. The van der Waals surface area contributed by atoms with Crippen molar-refractivity contribution >= 4 is 5.91 Å². The molecule has 2 fully saturated rings. The standard InChI is InChI=1S/C21H25N5O/c22-20(27)18-11-24-17(10-25-18)15-1-3-16-14(9-15)2-4-19(16)26-12-21(13-26)5-7-23-8-6-21/h1,3,9-11,19,23H,2,4-8,12-13H2,(H2,22,27). The van der Waals surface area contributed by atoms with Gasteiger partial charge in [-0.25, -0.2) is 4.98 Å². The van der Waals surface area contributed by atoms with Gasteiger partial charge in [0.15, 0.2) is 0 Å². The minimum Gasteiger partial charge on any atom is -0.364 e. The average Bonchev–Trinajstić information content (AvgIpc) is 3.09. The van der Waals surface area contributed by atoms with E-state index in [0.29, 0.717) is 11.5 Å². The minimum atomic E-state index is -0.549.